The van der Waals surface area contributed by atoms with Crippen LogP contribution in [0.3, 0.4) is 0 Å². The number of hydrogen-bond acceptors (Lipinski definition) is 0. The molecule has 0 N–H and O–H groups in total. The van der Waals surface area contributed by atoms with Crippen LogP contribution in [0.2, 0.25) is 16.6 Å². The monoisotopic (exact) mass is 300 g/mol. The van der Waals surface area contributed by atoms with Crippen molar-refractivity contribution in [3.8, 4) is 0 Å². The van der Waals surface area contributed by atoms with Crippen molar-refractivity contribution in [2.75, 3.05) is 0 Å². The van der Waals surface area contributed by atoms with Crippen molar-refractivity contribution in [1.82, 2.24) is 0 Å². The quantitative estimate of drug-likeness (QED) is 0.582. The van der Waals surface area contributed by atoms with Gasteiger partial charge < -0.3 is 0 Å². The first-order chi connectivity index (χ1) is 8.00. The topological polar surface area (TPSA) is 0 Å². The molecule has 0 saturated heterocycles. The molecule has 0 aliphatic heterocycles. The SMILES string of the molecule is C[Si](Cl)(c1cccc(Cl)c1)c1cccc(Cl)c1. The fraction of sp³-hybridized carbons (Fsp3) is 0.0769. The van der Waals surface area contributed by atoms with Gasteiger partial charge in [0.25, 0.3) is 0 Å². The van der Waals surface area contributed by atoms with E-state index in [0.29, 0.717) is 10.0 Å². The molecule has 0 aromatic heterocycles. The lowest BCUT2D eigenvalue weighted by Crippen LogP contribution is -2.50. The predicted octanol–water partition coefficient (Wildman–Crippen LogP) is 3.92. The molecule has 2 rings (SSSR count). The highest BCUT2D eigenvalue weighted by Crippen LogP contribution is 2.15. The molecule has 0 atom stereocenters. The fourth-order valence-corrected chi connectivity index (χ4v) is 5.00. The zero-order valence-corrected chi connectivity index (χ0v) is 12.5. The standard InChI is InChI=1S/C13H11Cl3Si/c1-17(16,12-6-2-4-10(14)8-12)13-7-3-5-11(15)9-13/h2-9H,1H3. The number of halogens is 3. The first-order valence-corrected chi connectivity index (χ1v) is 9.48. The van der Waals surface area contributed by atoms with Crippen molar-refractivity contribution >= 4 is 52.0 Å². The highest BCUT2D eigenvalue weighted by atomic mass is 35.6. The van der Waals surface area contributed by atoms with Crippen LogP contribution < -0.4 is 10.4 Å². The van der Waals surface area contributed by atoms with E-state index in [-0.39, 0.29) is 0 Å². The average molecular weight is 302 g/mol. The molecule has 4 heteroatoms. The molecular weight excluding hydrogens is 291 g/mol. The van der Waals surface area contributed by atoms with E-state index in [2.05, 4.69) is 6.55 Å². The molecule has 0 heterocycles. The summed E-state index contributed by atoms with van der Waals surface area (Å²) in [5, 5.41) is 3.61. The summed E-state index contributed by atoms with van der Waals surface area (Å²) in [5.74, 6) is 0. The van der Waals surface area contributed by atoms with Crippen LogP contribution in [0, 0.1) is 0 Å². The normalized spacial score (nSPS) is 11.5. The van der Waals surface area contributed by atoms with Crippen LogP contribution in [0.5, 0.6) is 0 Å². The summed E-state index contributed by atoms with van der Waals surface area (Å²) in [6.07, 6.45) is 0. The Balaban J connectivity index is 2.49. The lowest BCUT2D eigenvalue weighted by Gasteiger charge is -2.20. The largest absolute Gasteiger partial charge is 0.214 e. The smallest absolute Gasteiger partial charge is 0.155 e. The molecule has 2 aromatic carbocycles. The minimum absolute atomic E-state index is 0.712. The van der Waals surface area contributed by atoms with Gasteiger partial charge in [-0.3, -0.25) is 0 Å². The Hall–Kier alpha value is -0.473. The van der Waals surface area contributed by atoms with Crippen LogP contribution >= 0.6 is 34.3 Å². The van der Waals surface area contributed by atoms with Crippen molar-refractivity contribution in [2.45, 2.75) is 6.55 Å². The molecule has 0 bridgehead atoms. The predicted molar refractivity (Wildman–Crippen MR) is 79.6 cm³/mol. The van der Waals surface area contributed by atoms with Crippen LogP contribution in [0.4, 0.5) is 0 Å². The highest BCUT2D eigenvalue weighted by molar-refractivity contribution is 7.33. The van der Waals surface area contributed by atoms with Gasteiger partial charge in [0, 0.05) is 10.0 Å². The number of rotatable bonds is 2. The molecule has 0 nitrogen and oxygen atoms in total. The van der Waals surface area contributed by atoms with Gasteiger partial charge >= 0.3 is 0 Å². The Morgan fingerprint density at radius 2 is 1.24 bits per heavy atom. The molecule has 0 saturated carbocycles. The van der Waals surface area contributed by atoms with Gasteiger partial charge in [-0.2, -0.15) is 11.1 Å². The van der Waals surface area contributed by atoms with E-state index < -0.39 is 7.38 Å². The molecule has 0 spiro atoms. The highest BCUT2D eigenvalue weighted by Gasteiger charge is 2.29. The molecule has 0 unspecified atom stereocenters. The maximum absolute atomic E-state index is 6.75. The van der Waals surface area contributed by atoms with Gasteiger partial charge in [0.05, 0.1) is 0 Å². The van der Waals surface area contributed by atoms with E-state index >= 15 is 0 Å². The summed E-state index contributed by atoms with van der Waals surface area (Å²) in [6.45, 7) is 2.08. The molecule has 0 radical (unpaired) electrons. The van der Waals surface area contributed by atoms with Crippen LogP contribution in [-0.4, -0.2) is 7.38 Å². The molecular formula is C13H11Cl3Si. The van der Waals surface area contributed by atoms with Gasteiger partial charge in [0.15, 0.2) is 0 Å². The first kappa shape index (κ1) is 13.0. The third-order valence-electron chi connectivity index (χ3n) is 2.73. The second kappa shape index (κ2) is 5.03. The molecule has 2 aromatic rings. The zero-order chi connectivity index (χ0) is 12.5. The van der Waals surface area contributed by atoms with Crippen LogP contribution in [0.15, 0.2) is 48.5 Å². The van der Waals surface area contributed by atoms with Crippen molar-refractivity contribution < 1.29 is 0 Å². The van der Waals surface area contributed by atoms with Crippen LogP contribution in [0.25, 0.3) is 0 Å². The minimum atomic E-state index is -2.21. The molecule has 0 fully saturated rings. The molecule has 17 heavy (non-hydrogen) atoms. The van der Waals surface area contributed by atoms with Gasteiger partial charge in [-0.15, -0.1) is 0 Å². The Labute approximate surface area is 117 Å². The molecule has 88 valence electrons. The molecule has 0 aliphatic carbocycles. The van der Waals surface area contributed by atoms with Gasteiger partial charge in [-0.25, -0.2) is 0 Å². The molecule has 0 aliphatic rings. The van der Waals surface area contributed by atoms with Crippen LogP contribution in [0.1, 0.15) is 0 Å². The van der Waals surface area contributed by atoms with Gasteiger partial charge in [-0.05, 0) is 41.2 Å². The average Bonchev–Trinajstić information content (AvgIpc) is 2.29. The second-order valence-electron chi connectivity index (χ2n) is 4.02. The summed E-state index contributed by atoms with van der Waals surface area (Å²) >= 11 is 18.8. The van der Waals surface area contributed by atoms with Gasteiger partial charge in [0.1, 0.15) is 0 Å². The van der Waals surface area contributed by atoms with Crippen molar-refractivity contribution in [2.24, 2.45) is 0 Å². The van der Waals surface area contributed by atoms with E-state index in [0.717, 1.165) is 10.4 Å². The second-order valence-corrected chi connectivity index (χ2v) is 10.3. The summed E-state index contributed by atoms with van der Waals surface area (Å²) in [5.41, 5.74) is 0. The number of benzene rings is 2. The Bertz CT molecular complexity index is 490. The summed E-state index contributed by atoms with van der Waals surface area (Å²) in [4.78, 5) is 0. The number of hydrogen-bond donors (Lipinski definition) is 0. The Kier molecular flexibility index (Phi) is 3.84. The maximum Gasteiger partial charge on any atom is 0.214 e. The first-order valence-electron chi connectivity index (χ1n) is 5.21. The minimum Gasteiger partial charge on any atom is -0.155 e. The molecule has 0 amide bonds. The summed E-state index contributed by atoms with van der Waals surface area (Å²) < 4.78 is 0. The summed E-state index contributed by atoms with van der Waals surface area (Å²) in [6, 6.07) is 15.5. The third kappa shape index (κ3) is 2.86. The van der Waals surface area contributed by atoms with Crippen molar-refractivity contribution in [3.05, 3.63) is 58.6 Å². The van der Waals surface area contributed by atoms with Crippen molar-refractivity contribution in [1.29, 1.82) is 0 Å². The van der Waals surface area contributed by atoms with E-state index in [1.165, 1.54) is 0 Å². The van der Waals surface area contributed by atoms with Crippen LogP contribution in [-0.2, 0) is 0 Å². The van der Waals surface area contributed by atoms with Gasteiger partial charge in [0.2, 0.25) is 7.38 Å². The fourth-order valence-electron chi connectivity index (χ4n) is 1.73. The lowest BCUT2D eigenvalue weighted by atomic mass is 10.4. The maximum atomic E-state index is 6.75. The van der Waals surface area contributed by atoms with E-state index in [4.69, 9.17) is 34.3 Å². The van der Waals surface area contributed by atoms with E-state index in [1.54, 1.807) is 0 Å². The van der Waals surface area contributed by atoms with E-state index in [1.807, 2.05) is 48.5 Å². The third-order valence-corrected chi connectivity index (χ3v) is 7.30. The van der Waals surface area contributed by atoms with Crippen molar-refractivity contribution in [3.63, 3.8) is 0 Å². The Morgan fingerprint density at radius 1 is 0.824 bits per heavy atom. The van der Waals surface area contributed by atoms with Gasteiger partial charge in [-0.1, -0.05) is 47.5 Å². The Morgan fingerprint density at radius 3 is 1.59 bits per heavy atom. The summed E-state index contributed by atoms with van der Waals surface area (Å²) in [7, 11) is -2.21. The van der Waals surface area contributed by atoms with E-state index in [9.17, 15) is 0 Å². The zero-order valence-electron chi connectivity index (χ0n) is 9.25. The lowest BCUT2D eigenvalue weighted by molar-refractivity contribution is 1.71.